The highest BCUT2D eigenvalue weighted by atomic mass is 16.7. The lowest BCUT2D eigenvalue weighted by atomic mass is 9.78. The normalized spacial score (nSPS) is 36.9. The zero-order chi connectivity index (χ0) is 17.5. The molecule has 0 unspecified atom stereocenters. The number of rotatable bonds is 2. The second-order valence-electron chi connectivity index (χ2n) is 5.84. The smallest absolute Gasteiger partial charge is 0.399 e. The fourth-order valence-electron chi connectivity index (χ4n) is 1.96. The molecule has 18 heavy (non-hydrogen) atoms. The van der Waals surface area contributed by atoms with Crippen molar-refractivity contribution in [2.24, 2.45) is 0 Å². The van der Waals surface area contributed by atoms with Gasteiger partial charge < -0.3 is 9.31 Å². The van der Waals surface area contributed by atoms with Crippen LogP contribution in [0.15, 0.2) is 24.3 Å². The van der Waals surface area contributed by atoms with Crippen LogP contribution in [0, 0.1) is 0 Å². The van der Waals surface area contributed by atoms with Crippen molar-refractivity contribution < 1.29 is 16.2 Å². The fraction of sp³-hybridized carbons (Fsp3) is 0.600. The van der Waals surface area contributed by atoms with Gasteiger partial charge in [0.2, 0.25) is 0 Å². The molecule has 1 aliphatic carbocycles. The molecule has 3 heteroatoms. The van der Waals surface area contributed by atoms with Gasteiger partial charge in [0.25, 0.3) is 0 Å². The first-order valence-electron chi connectivity index (χ1n) is 8.74. The number of benzene rings is 1. The van der Waals surface area contributed by atoms with E-state index in [2.05, 4.69) is 0 Å². The lowest BCUT2D eigenvalue weighted by Gasteiger charge is -2.32. The van der Waals surface area contributed by atoms with E-state index in [0.29, 0.717) is 5.56 Å². The van der Waals surface area contributed by atoms with Gasteiger partial charge in [-0.05, 0) is 57.4 Å². The molecular formula is C15H21BO2. The van der Waals surface area contributed by atoms with Crippen molar-refractivity contribution in [3.63, 3.8) is 0 Å². The second kappa shape index (κ2) is 3.85. The lowest BCUT2D eigenvalue weighted by Crippen LogP contribution is -2.41. The summed E-state index contributed by atoms with van der Waals surface area (Å²) in [6.45, 7) is 7.86. The van der Waals surface area contributed by atoms with Gasteiger partial charge in [0.05, 0.1) is 11.2 Å². The summed E-state index contributed by atoms with van der Waals surface area (Å²) in [4.78, 5) is 0. The first kappa shape index (κ1) is 7.71. The molecule has 0 aromatic heterocycles. The summed E-state index contributed by atoms with van der Waals surface area (Å²) in [7, 11) is -0.525. The van der Waals surface area contributed by atoms with E-state index < -0.39 is 37.0 Å². The third-order valence-electron chi connectivity index (χ3n) is 3.97. The third kappa shape index (κ3) is 2.00. The Labute approximate surface area is 117 Å². The molecule has 3 rings (SSSR count). The van der Waals surface area contributed by atoms with Gasteiger partial charge in [-0.3, -0.25) is 0 Å². The average Bonchev–Trinajstić information content (AvgIpc) is 2.63. The molecule has 1 aliphatic heterocycles. The molecule has 2 fully saturated rings. The Morgan fingerprint density at radius 2 is 1.61 bits per heavy atom. The van der Waals surface area contributed by atoms with Crippen molar-refractivity contribution in [3.8, 4) is 0 Å². The van der Waals surface area contributed by atoms with E-state index >= 15 is 0 Å². The molecule has 2 nitrogen and oxygen atoms in total. The summed E-state index contributed by atoms with van der Waals surface area (Å²) < 4.78 is 51.0. The molecule has 0 radical (unpaired) electrons. The minimum Gasteiger partial charge on any atom is -0.399 e. The van der Waals surface area contributed by atoms with E-state index in [0.717, 1.165) is 5.46 Å². The van der Waals surface area contributed by atoms with Gasteiger partial charge in [-0.1, -0.05) is 24.3 Å². The molecular weight excluding hydrogens is 223 g/mol. The molecule has 0 N–H and O–H groups in total. The lowest BCUT2D eigenvalue weighted by molar-refractivity contribution is 0.00578. The SMILES string of the molecule is [2H]C1([2H])C([2H])([2H])C1([2H])c1ccc(B2OC(C)(C)C(C)(C)O2)cc1. The molecule has 0 bridgehead atoms. The zero-order valence-corrected chi connectivity index (χ0v) is 11.2. The Morgan fingerprint density at radius 3 is 2.06 bits per heavy atom. The van der Waals surface area contributed by atoms with E-state index in [-0.39, 0.29) is 0 Å². The van der Waals surface area contributed by atoms with Crippen LogP contribution < -0.4 is 5.46 Å². The van der Waals surface area contributed by atoms with Gasteiger partial charge in [0.1, 0.15) is 0 Å². The van der Waals surface area contributed by atoms with Crippen molar-refractivity contribution in [2.45, 2.75) is 57.5 Å². The highest BCUT2D eigenvalue weighted by Crippen LogP contribution is 2.40. The second-order valence-corrected chi connectivity index (χ2v) is 5.84. The predicted octanol–water partition coefficient (Wildman–Crippen LogP) is 2.86. The maximum absolute atomic E-state index is 8.18. The quantitative estimate of drug-likeness (QED) is 0.750. The molecule has 0 atom stereocenters. The van der Waals surface area contributed by atoms with Crippen LogP contribution in [0.5, 0.6) is 0 Å². The average molecular weight is 249 g/mol. The Hall–Kier alpha value is -0.795. The standard InChI is InChI=1S/C15H21BO2/c1-14(2)15(3,4)18-16(17-14)13-9-7-12(8-10-13)11-5-6-11/h7-11H,5-6H2,1-4H3/i5D2,6D2,11D. The van der Waals surface area contributed by atoms with Crippen LogP contribution in [-0.2, 0) is 9.31 Å². The summed E-state index contributed by atoms with van der Waals surface area (Å²) in [6.07, 6.45) is -4.38. The first-order valence-corrected chi connectivity index (χ1v) is 6.24. The van der Waals surface area contributed by atoms with Gasteiger partial charge in [0, 0.05) is 6.85 Å². The summed E-state index contributed by atoms with van der Waals surface area (Å²) in [5.74, 6) is -1.87. The Balaban J connectivity index is 1.86. The first-order chi connectivity index (χ1) is 10.3. The molecule has 0 amide bonds. The molecule has 2 aliphatic rings. The largest absolute Gasteiger partial charge is 0.494 e. The van der Waals surface area contributed by atoms with Crippen molar-refractivity contribution >= 4 is 12.6 Å². The van der Waals surface area contributed by atoms with Gasteiger partial charge in [-0.2, -0.15) is 0 Å². The topological polar surface area (TPSA) is 18.5 Å². The van der Waals surface area contributed by atoms with Crippen molar-refractivity contribution in [3.05, 3.63) is 29.8 Å². The highest BCUT2D eigenvalue weighted by molar-refractivity contribution is 6.62. The summed E-state index contributed by atoms with van der Waals surface area (Å²) in [5.41, 5.74) is 0.210. The Bertz CT molecular complexity index is 612. The minimum absolute atomic E-state index is 0.327. The molecule has 1 saturated heterocycles. The van der Waals surface area contributed by atoms with Gasteiger partial charge >= 0.3 is 7.12 Å². The van der Waals surface area contributed by atoms with Gasteiger partial charge in [-0.25, -0.2) is 0 Å². The fourth-order valence-corrected chi connectivity index (χ4v) is 1.96. The van der Waals surface area contributed by atoms with E-state index in [4.69, 9.17) is 16.2 Å². The van der Waals surface area contributed by atoms with Crippen LogP contribution in [0.25, 0.3) is 0 Å². The maximum atomic E-state index is 8.18. The zero-order valence-electron chi connectivity index (χ0n) is 16.2. The van der Waals surface area contributed by atoms with Crippen molar-refractivity contribution in [1.29, 1.82) is 0 Å². The third-order valence-corrected chi connectivity index (χ3v) is 3.97. The molecule has 1 aromatic rings. The number of hydrogen-bond acceptors (Lipinski definition) is 2. The maximum Gasteiger partial charge on any atom is 0.494 e. The minimum atomic E-state index is -2.19. The summed E-state index contributed by atoms with van der Waals surface area (Å²) in [6, 6.07) is 6.63. The Kier molecular flexibility index (Phi) is 1.65. The molecule has 96 valence electrons. The number of hydrogen-bond donors (Lipinski definition) is 0. The van der Waals surface area contributed by atoms with E-state index in [1.807, 2.05) is 27.7 Å². The molecule has 0 spiro atoms. The van der Waals surface area contributed by atoms with Crippen molar-refractivity contribution in [1.82, 2.24) is 0 Å². The van der Waals surface area contributed by atoms with E-state index in [9.17, 15) is 0 Å². The molecule has 1 aromatic carbocycles. The van der Waals surface area contributed by atoms with E-state index in [1.54, 1.807) is 24.3 Å². The van der Waals surface area contributed by atoms with E-state index in [1.165, 1.54) is 0 Å². The molecule has 1 saturated carbocycles. The Morgan fingerprint density at radius 1 is 1.11 bits per heavy atom. The van der Waals surface area contributed by atoms with Crippen LogP contribution >= 0.6 is 0 Å². The van der Waals surface area contributed by atoms with Crippen LogP contribution in [0.2, 0.25) is 0 Å². The van der Waals surface area contributed by atoms with Crippen LogP contribution in [-0.4, -0.2) is 18.3 Å². The predicted molar refractivity (Wildman–Crippen MR) is 74.1 cm³/mol. The van der Waals surface area contributed by atoms with Crippen LogP contribution in [0.4, 0.5) is 0 Å². The van der Waals surface area contributed by atoms with Crippen molar-refractivity contribution in [2.75, 3.05) is 0 Å². The summed E-state index contributed by atoms with van der Waals surface area (Å²) in [5, 5.41) is 0. The monoisotopic (exact) mass is 249 g/mol. The summed E-state index contributed by atoms with van der Waals surface area (Å²) >= 11 is 0. The highest BCUT2D eigenvalue weighted by Gasteiger charge is 2.51. The van der Waals surface area contributed by atoms with Gasteiger partial charge in [-0.15, -0.1) is 0 Å². The molecule has 1 heterocycles. The van der Waals surface area contributed by atoms with Crippen LogP contribution in [0.1, 0.15) is 58.8 Å². The van der Waals surface area contributed by atoms with Crippen LogP contribution in [0.3, 0.4) is 0 Å². The van der Waals surface area contributed by atoms with Gasteiger partial charge in [0.15, 0.2) is 0 Å².